The number of ether oxygens (including phenoxy) is 1. The van der Waals surface area contributed by atoms with Gasteiger partial charge in [-0.3, -0.25) is 4.79 Å². The van der Waals surface area contributed by atoms with Crippen molar-refractivity contribution in [3.63, 3.8) is 0 Å². The summed E-state index contributed by atoms with van der Waals surface area (Å²) in [7, 11) is 1.57. The zero-order valence-corrected chi connectivity index (χ0v) is 9.88. The number of hydrogen-bond acceptors (Lipinski definition) is 3. The maximum absolute atomic E-state index is 11.9. The number of anilines is 1. The van der Waals surface area contributed by atoms with Crippen molar-refractivity contribution >= 4 is 11.6 Å². The Labute approximate surface area is 105 Å². The molecule has 0 bridgehead atoms. The molecule has 0 heterocycles. The largest absolute Gasteiger partial charge is 0.508 e. The van der Waals surface area contributed by atoms with Gasteiger partial charge in [-0.15, -0.1) is 0 Å². The summed E-state index contributed by atoms with van der Waals surface area (Å²) >= 11 is 0. The van der Waals surface area contributed by atoms with Crippen LogP contribution in [0.1, 0.15) is 10.4 Å². The van der Waals surface area contributed by atoms with Crippen LogP contribution in [0.25, 0.3) is 0 Å². The summed E-state index contributed by atoms with van der Waals surface area (Å²) < 4.78 is 5.02. The topological polar surface area (TPSA) is 58.6 Å². The second-order valence-electron chi connectivity index (χ2n) is 3.73. The first-order chi connectivity index (χ1) is 8.69. The maximum atomic E-state index is 11.9. The molecule has 4 nitrogen and oxygen atoms in total. The van der Waals surface area contributed by atoms with Gasteiger partial charge in [0.2, 0.25) is 0 Å². The van der Waals surface area contributed by atoms with E-state index in [9.17, 15) is 9.90 Å². The average Bonchev–Trinajstić information content (AvgIpc) is 2.39. The minimum atomic E-state index is -0.233. The standard InChI is InChI=1S/C14H13NO3/c1-18-13-7-5-10(6-8-13)14(17)15-11-3-2-4-12(16)9-11/h2-9,16H,1H3,(H,15,17). The summed E-state index contributed by atoms with van der Waals surface area (Å²) in [6.07, 6.45) is 0. The van der Waals surface area contributed by atoms with Crippen LogP contribution in [0.5, 0.6) is 11.5 Å². The molecule has 0 spiro atoms. The maximum Gasteiger partial charge on any atom is 0.255 e. The Kier molecular flexibility index (Phi) is 3.48. The molecule has 4 heteroatoms. The third-order valence-electron chi connectivity index (χ3n) is 2.46. The van der Waals surface area contributed by atoms with E-state index in [0.717, 1.165) is 0 Å². The smallest absolute Gasteiger partial charge is 0.255 e. The SMILES string of the molecule is COc1ccc(C(=O)Nc2cccc(O)c2)cc1. The van der Waals surface area contributed by atoms with Crippen LogP contribution in [0.3, 0.4) is 0 Å². The molecule has 92 valence electrons. The van der Waals surface area contributed by atoms with Gasteiger partial charge < -0.3 is 15.2 Å². The highest BCUT2D eigenvalue weighted by Crippen LogP contribution is 2.17. The van der Waals surface area contributed by atoms with Gasteiger partial charge in [0.25, 0.3) is 5.91 Å². The fourth-order valence-corrected chi connectivity index (χ4v) is 1.53. The number of benzene rings is 2. The van der Waals surface area contributed by atoms with E-state index in [2.05, 4.69) is 5.32 Å². The molecule has 2 N–H and O–H groups in total. The van der Waals surface area contributed by atoms with Crippen LogP contribution in [0.4, 0.5) is 5.69 Å². The van der Waals surface area contributed by atoms with Gasteiger partial charge in [0.15, 0.2) is 0 Å². The summed E-state index contributed by atoms with van der Waals surface area (Å²) in [5.41, 5.74) is 1.08. The number of amides is 1. The predicted octanol–water partition coefficient (Wildman–Crippen LogP) is 2.65. The molecule has 0 atom stereocenters. The first-order valence-electron chi connectivity index (χ1n) is 5.43. The van der Waals surface area contributed by atoms with Crippen LogP contribution in [0.15, 0.2) is 48.5 Å². The van der Waals surface area contributed by atoms with Crippen LogP contribution in [0.2, 0.25) is 0 Å². The van der Waals surface area contributed by atoms with E-state index >= 15 is 0 Å². The molecule has 0 aromatic heterocycles. The van der Waals surface area contributed by atoms with E-state index in [-0.39, 0.29) is 11.7 Å². The molecule has 0 saturated carbocycles. The number of aromatic hydroxyl groups is 1. The van der Waals surface area contributed by atoms with Crippen molar-refractivity contribution in [2.24, 2.45) is 0 Å². The van der Waals surface area contributed by atoms with Crippen LogP contribution in [-0.2, 0) is 0 Å². The number of carbonyl (C=O) groups excluding carboxylic acids is 1. The number of phenolic OH excluding ortho intramolecular Hbond substituents is 1. The molecule has 2 aromatic carbocycles. The molecule has 0 unspecified atom stereocenters. The molecular formula is C14H13NO3. The van der Waals surface area contributed by atoms with Gasteiger partial charge in [0.1, 0.15) is 11.5 Å². The zero-order valence-electron chi connectivity index (χ0n) is 9.88. The first kappa shape index (κ1) is 12.0. The molecular weight excluding hydrogens is 230 g/mol. The lowest BCUT2D eigenvalue weighted by Gasteiger charge is -2.06. The van der Waals surface area contributed by atoms with E-state index in [4.69, 9.17) is 4.74 Å². The quantitative estimate of drug-likeness (QED) is 0.871. The molecule has 2 rings (SSSR count). The lowest BCUT2D eigenvalue weighted by Crippen LogP contribution is -2.11. The number of methoxy groups -OCH3 is 1. The monoisotopic (exact) mass is 243 g/mol. The normalized spacial score (nSPS) is 9.83. The Morgan fingerprint density at radius 2 is 1.89 bits per heavy atom. The summed E-state index contributed by atoms with van der Waals surface area (Å²) in [6.45, 7) is 0. The lowest BCUT2D eigenvalue weighted by atomic mass is 10.2. The molecule has 0 aliphatic carbocycles. The van der Waals surface area contributed by atoms with Gasteiger partial charge in [-0.2, -0.15) is 0 Å². The molecule has 18 heavy (non-hydrogen) atoms. The van der Waals surface area contributed by atoms with Crippen molar-refractivity contribution < 1.29 is 14.6 Å². The van der Waals surface area contributed by atoms with E-state index in [0.29, 0.717) is 17.0 Å². The highest BCUT2D eigenvalue weighted by molar-refractivity contribution is 6.04. The Morgan fingerprint density at radius 3 is 2.50 bits per heavy atom. The average molecular weight is 243 g/mol. The van der Waals surface area contributed by atoms with E-state index in [1.807, 2.05) is 0 Å². The molecule has 2 aromatic rings. The second-order valence-corrected chi connectivity index (χ2v) is 3.73. The van der Waals surface area contributed by atoms with Crippen molar-refractivity contribution in [1.82, 2.24) is 0 Å². The first-order valence-corrected chi connectivity index (χ1v) is 5.43. The predicted molar refractivity (Wildman–Crippen MR) is 69.1 cm³/mol. The number of phenols is 1. The van der Waals surface area contributed by atoms with Crippen LogP contribution < -0.4 is 10.1 Å². The highest BCUT2D eigenvalue weighted by Gasteiger charge is 2.06. The Balaban J connectivity index is 2.11. The Bertz CT molecular complexity index is 549. The minimum absolute atomic E-state index is 0.113. The van der Waals surface area contributed by atoms with Crippen LogP contribution in [-0.4, -0.2) is 18.1 Å². The fourth-order valence-electron chi connectivity index (χ4n) is 1.53. The van der Waals surface area contributed by atoms with Gasteiger partial charge in [-0.05, 0) is 36.4 Å². The highest BCUT2D eigenvalue weighted by atomic mass is 16.5. The van der Waals surface area contributed by atoms with Crippen molar-refractivity contribution in [3.05, 3.63) is 54.1 Å². The molecule has 0 aliphatic rings. The van der Waals surface area contributed by atoms with E-state index in [1.165, 1.54) is 6.07 Å². The number of rotatable bonds is 3. The van der Waals surface area contributed by atoms with Crippen molar-refractivity contribution in [2.45, 2.75) is 0 Å². The molecule has 0 saturated heterocycles. The summed E-state index contributed by atoms with van der Waals surface area (Å²) in [5.74, 6) is 0.578. The van der Waals surface area contributed by atoms with Crippen LogP contribution in [0, 0.1) is 0 Å². The van der Waals surface area contributed by atoms with Crippen LogP contribution >= 0.6 is 0 Å². The van der Waals surface area contributed by atoms with Crippen molar-refractivity contribution in [1.29, 1.82) is 0 Å². The zero-order chi connectivity index (χ0) is 13.0. The minimum Gasteiger partial charge on any atom is -0.508 e. The summed E-state index contributed by atoms with van der Waals surface area (Å²) in [4.78, 5) is 11.9. The number of hydrogen-bond donors (Lipinski definition) is 2. The Hall–Kier alpha value is -2.49. The molecule has 0 aliphatic heterocycles. The van der Waals surface area contributed by atoms with Gasteiger partial charge in [-0.1, -0.05) is 6.07 Å². The summed E-state index contributed by atoms with van der Waals surface area (Å²) in [6, 6.07) is 13.2. The van der Waals surface area contributed by atoms with E-state index < -0.39 is 0 Å². The van der Waals surface area contributed by atoms with Gasteiger partial charge in [0, 0.05) is 17.3 Å². The van der Waals surface area contributed by atoms with Gasteiger partial charge in [-0.25, -0.2) is 0 Å². The molecule has 0 fully saturated rings. The Morgan fingerprint density at radius 1 is 1.17 bits per heavy atom. The van der Waals surface area contributed by atoms with E-state index in [1.54, 1.807) is 49.6 Å². The lowest BCUT2D eigenvalue weighted by molar-refractivity contribution is 0.102. The second kappa shape index (κ2) is 5.23. The third-order valence-corrected chi connectivity index (χ3v) is 2.46. The molecule has 1 amide bonds. The number of carbonyl (C=O) groups is 1. The fraction of sp³-hybridized carbons (Fsp3) is 0.0714. The van der Waals surface area contributed by atoms with Gasteiger partial charge in [0.05, 0.1) is 7.11 Å². The van der Waals surface area contributed by atoms with Crippen molar-refractivity contribution in [2.75, 3.05) is 12.4 Å². The van der Waals surface area contributed by atoms with Gasteiger partial charge >= 0.3 is 0 Å². The number of nitrogens with one attached hydrogen (secondary N) is 1. The molecule has 0 radical (unpaired) electrons. The van der Waals surface area contributed by atoms with Crippen molar-refractivity contribution in [3.8, 4) is 11.5 Å². The third kappa shape index (κ3) is 2.79. The summed E-state index contributed by atoms with van der Waals surface area (Å²) in [5, 5.41) is 12.0.